The summed E-state index contributed by atoms with van der Waals surface area (Å²) in [7, 11) is -3.08. The monoisotopic (exact) mass is 460 g/mol. The number of nitrogens with zero attached hydrogens (tertiary/aromatic N) is 1. The van der Waals surface area contributed by atoms with Crippen molar-refractivity contribution in [1.82, 2.24) is 0 Å². The Kier molecular flexibility index (Phi) is 6.09. The van der Waals surface area contributed by atoms with Crippen molar-refractivity contribution in [3.63, 3.8) is 0 Å². The summed E-state index contributed by atoms with van der Waals surface area (Å²) in [5, 5.41) is 9.38. The Labute approximate surface area is 177 Å². The van der Waals surface area contributed by atoms with Crippen LogP contribution in [0.25, 0.3) is 0 Å². The highest BCUT2D eigenvalue weighted by atomic mass is 35.5. The maximum atomic E-state index is 13.9. The molecular weight excluding hydrogens is 442 g/mol. The molecule has 30 heavy (non-hydrogen) atoms. The molecule has 2 aromatic rings. The fraction of sp³-hybridized carbons (Fsp3) is 0.316. The minimum absolute atomic E-state index is 0.00276. The molecule has 162 valence electrons. The molecule has 7 nitrogen and oxygen atoms in total. The van der Waals surface area contributed by atoms with E-state index in [9.17, 15) is 27.1 Å². The molecule has 1 saturated heterocycles. The van der Waals surface area contributed by atoms with E-state index in [1.807, 2.05) is 0 Å². The number of methoxy groups -OCH3 is 1. The van der Waals surface area contributed by atoms with Crippen LogP contribution in [-0.2, 0) is 10.0 Å². The minimum atomic E-state index is -4.33. The normalized spacial score (nSPS) is 16.2. The minimum Gasteiger partial charge on any atom is -0.495 e. The van der Waals surface area contributed by atoms with Crippen LogP contribution in [0.5, 0.6) is 5.75 Å². The molecule has 11 heteroatoms. The SMILES string of the molecule is COc1ccc(C(=O)O)cc1S(=O)(=O)Nc1cc(Cl)ccc1N1CCCC(F)(F)C1. The topological polar surface area (TPSA) is 95.9 Å². The van der Waals surface area contributed by atoms with E-state index in [1.54, 1.807) is 0 Å². The molecule has 0 atom stereocenters. The Bertz CT molecular complexity index is 1080. The first-order valence-corrected chi connectivity index (χ1v) is 10.7. The van der Waals surface area contributed by atoms with Gasteiger partial charge in [-0.2, -0.15) is 0 Å². The van der Waals surface area contributed by atoms with E-state index in [0.717, 1.165) is 6.07 Å². The van der Waals surface area contributed by atoms with E-state index in [4.69, 9.17) is 16.3 Å². The molecule has 0 unspecified atom stereocenters. The van der Waals surface area contributed by atoms with Crippen molar-refractivity contribution in [2.24, 2.45) is 0 Å². The molecule has 3 rings (SSSR count). The molecule has 1 heterocycles. The Morgan fingerprint density at radius 1 is 1.27 bits per heavy atom. The van der Waals surface area contributed by atoms with Crippen molar-refractivity contribution in [3.05, 3.63) is 47.0 Å². The average molecular weight is 461 g/mol. The fourth-order valence-electron chi connectivity index (χ4n) is 3.26. The number of hydrogen-bond acceptors (Lipinski definition) is 5. The predicted octanol–water partition coefficient (Wildman–Crippen LogP) is 4.08. The Morgan fingerprint density at radius 3 is 2.63 bits per heavy atom. The number of ether oxygens (including phenoxy) is 1. The lowest BCUT2D eigenvalue weighted by Crippen LogP contribution is -2.43. The number of benzene rings is 2. The molecular formula is C19H19ClF2N2O5S. The van der Waals surface area contributed by atoms with Crippen molar-refractivity contribution in [2.45, 2.75) is 23.7 Å². The van der Waals surface area contributed by atoms with Crippen LogP contribution in [0.3, 0.4) is 0 Å². The number of alkyl halides is 2. The Hall–Kier alpha value is -2.59. The van der Waals surface area contributed by atoms with E-state index >= 15 is 0 Å². The lowest BCUT2D eigenvalue weighted by molar-refractivity contribution is -0.0116. The number of anilines is 2. The van der Waals surface area contributed by atoms with Crippen LogP contribution in [0.15, 0.2) is 41.3 Å². The van der Waals surface area contributed by atoms with Crippen LogP contribution < -0.4 is 14.4 Å². The maximum absolute atomic E-state index is 13.9. The number of nitrogens with one attached hydrogen (secondary N) is 1. The summed E-state index contributed by atoms with van der Waals surface area (Å²) in [6.45, 7) is -0.231. The molecule has 0 saturated carbocycles. The van der Waals surface area contributed by atoms with E-state index in [1.165, 1.54) is 42.3 Å². The standard InChI is InChI=1S/C19H19ClF2N2O5S/c1-29-16-6-3-12(18(25)26)9-17(16)30(27,28)23-14-10-13(20)4-5-15(14)24-8-2-7-19(21,22)11-24/h3-6,9-10,23H,2,7-8,11H2,1H3,(H,25,26). The number of hydrogen-bond donors (Lipinski definition) is 2. The van der Waals surface area contributed by atoms with Crippen LogP contribution in [0.1, 0.15) is 23.2 Å². The molecule has 2 N–H and O–H groups in total. The molecule has 0 aromatic heterocycles. The summed E-state index contributed by atoms with van der Waals surface area (Å²) in [4.78, 5) is 12.2. The van der Waals surface area contributed by atoms with Crippen molar-refractivity contribution in [1.29, 1.82) is 0 Å². The van der Waals surface area contributed by atoms with Gasteiger partial charge in [-0.3, -0.25) is 4.72 Å². The highest BCUT2D eigenvalue weighted by molar-refractivity contribution is 7.92. The van der Waals surface area contributed by atoms with Crippen molar-refractivity contribution in [3.8, 4) is 5.75 Å². The number of rotatable bonds is 6. The fourth-order valence-corrected chi connectivity index (χ4v) is 4.69. The number of sulfonamides is 1. The Morgan fingerprint density at radius 2 is 2.00 bits per heavy atom. The smallest absolute Gasteiger partial charge is 0.335 e. The lowest BCUT2D eigenvalue weighted by atomic mass is 10.1. The molecule has 0 radical (unpaired) electrons. The first-order chi connectivity index (χ1) is 14.0. The van der Waals surface area contributed by atoms with Crippen LogP contribution in [0.4, 0.5) is 20.2 Å². The number of carboxylic acid groups (broad SMARTS) is 1. The van der Waals surface area contributed by atoms with Gasteiger partial charge in [0, 0.05) is 18.0 Å². The highest BCUT2D eigenvalue weighted by Crippen LogP contribution is 2.37. The zero-order valence-corrected chi connectivity index (χ0v) is 17.4. The van der Waals surface area contributed by atoms with Crippen molar-refractivity contribution >= 4 is 39.0 Å². The highest BCUT2D eigenvalue weighted by Gasteiger charge is 2.36. The van der Waals surface area contributed by atoms with Crippen molar-refractivity contribution in [2.75, 3.05) is 29.8 Å². The third-order valence-corrected chi connectivity index (χ3v) is 6.26. The molecule has 0 amide bonds. The average Bonchev–Trinajstić information content (AvgIpc) is 2.66. The number of carbonyl (C=O) groups is 1. The summed E-state index contributed by atoms with van der Waals surface area (Å²) in [5.41, 5.74) is -0.00291. The summed E-state index contributed by atoms with van der Waals surface area (Å²) in [5.74, 6) is -4.28. The molecule has 2 aromatic carbocycles. The first kappa shape index (κ1) is 22.1. The van der Waals surface area contributed by atoms with E-state index in [0.29, 0.717) is 6.54 Å². The summed E-state index contributed by atoms with van der Waals surface area (Å²) in [6.07, 6.45) is 0.00757. The Balaban J connectivity index is 2.03. The third-order valence-electron chi connectivity index (χ3n) is 4.64. The number of carboxylic acids is 1. The quantitative estimate of drug-likeness (QED) is 0.674. The third kappa shape index (κ3) is 4.76. The van der Waals surface area contributed by atoms with Gasteiger partial charge in [0.2, 0.25) is 0 Å². The van der Waals surface area contributed by atoms with Crippen LogP contribution >= 0.6 is 11.6 Å². The maximum Gasteiger partial charge on any atom is 0.335 e. The van der Waals surface area contributed by atoms with Gasteiger partial charge in [0.15, 0.2) is 0 Å². The van der Waals surface area contributed by atoms with Gasteiger partial charge in [0.25, 0.3) is 15.9 Å². The van der Waals surface area contributed by atoms with Gasteiger partial charge in [0.1, 0.15) is 10.6 Å². The molecule has 0 bridgehead atoms. The van der Waals surface area contributed by atoms with Gasteiger partial charge < -0.3 is 14.7 Å². The number of aromatic carboxylic acids is 1. The summed E-state index contributed by atoms with van der Waals surface area (Å²) >= 11 is 6.01. The molecule has 1 fully saturated rings. The van der Waals surface area contributed by atoms with Crippen LogP contribution in [0.2, 0.25) is 5.02 Å². The van der Waals surface area contributed by atoms with Gasteiger partial charge in [-0.1, -0.05) is 11.6 Å². The van der Waals surface area contributed by atoms with E-state index in [-0.39, 0.29) is 40.6 Å². The second-order valence-electron chi connectivity index (χ2n) is 6.82. The van der Waals surface area contributed by atoms with E-state index < -0.39 is 33.4 Å². The summed E-state index contributed by atoms with van der Waals surface area (Å²) in [6, 6.07) is 7.65. The zero-order valence-electron chi connectivity index (χ0n) is 15.9. The number of halogens is 3. The summed E-state index contributed by atoms with van der Waals surface area (Å²) < 4.78 is 61.3. The van der Waals surface area contributed by atoms with E-state index in [2.05, 4.69) is 4.72 Å². The van der Waals surface area contributed by atoms with Crippen LogP contribution in [-0.4, -0.2) is 45.6 Å². The zero-order chi connectivity index (χ0) is 22.1. The van der Waals surface area contributed by atoms with Gasteiger partial charge >= 0.3 is 5.97 Å². The van der Waals surface area contributed by atoms with Crippen LogP contribution in [0, 0.1) is 0 Å². The molecule has 1 aliphatic heterocycles. The van der Waals surface area contributed by atoms with Crippen molar-refractivity contribution < 1.29 is 31.8 Å². The molecule has 0 aliphatic carbocycles. The van der Waals surface area contributed by atoms with Gasteiger partial charge in [-0.05, 0) is 42.8 Å². The van der Waals surface area contributed by atoms with Gasteiger partial charge in [-0.15, -0.1) is 0 Å². The molecule has 1 aliphatic rings. The van der Waals surface area contributed by atoms with Gasteiger partial charge in [0.05, 0.1) is 30.6 Å². The van der Waals surface area contributed by atoms with Gasteiger partial charge in [-0.25, -0.2) is 22.0 Å². The largest absolute Gasteiger partial charge is 0.495 e. The second-order valence-corrected chi connectivity index (χ2v) is 8.91. The predicted molar refractivity (Wildman–Crippen MR) is 109 cm³/mol. The lowest BCUT2D eigenvalue weighted by Gasteiger charge is -2.35. The number of piperidine rings is 1. The second kappa shape index (κ2) is 8.27. The first-order valence-electron chi connectivity index (χ1n) is 8.89. The molecule has 0 spiro atoms.